The van der Waals surface area contributed by atoms with Crippen LogP contribution in [0.15, 0.2) is 36.8 Å². The van der Waals surface area contributed by atoms with Gasteiger partial charge in [-0.2, -0.15) is 0 Å². The van der Waals surface area contributed by atoms with E-state index in [0.29, 0.717) is 0 Å². The summed E-state index contributed by atoms with van der Waals surface area (Å²) in [5.74, 6) is 0.967. The number of rotatable bonds is 1. The number of hydrogen-bond donors (Lipinski definition) is 1. The van der Waals surface area contributed by atoms with Crippen molar-refractivity contribution in [2.45, 2.75) is 13.0 Å². The summed E-state index contributed by atoms with van der Waals surface area (Å²) in [6.45, 7) is 1.81. The Morgan fingerprint density at radius 3 is 3.00 bits per heavy atom. The fourth-order valence-corrected chi connectivity index (χ4v) is 2.27. The van der Waals surface area contributed by atoms with Gasteiger partial charge in [0.2, 0.25) is 0 Å². The number of aromatic nitrogens is 2. The average molecular weight is 226 g/mol. The van der Waals surface area contributed by atoms with Crippen LogP contribution in [0.5, 0.6) is 0 Å². The van der Waals surface area contributed by atoms with Gasteiger partial charge in [0.25, 0.3) is 0 Å². The predicted molar refractivity (Wildman–Crippen MR) is 67.6 cm³/mol. The second-order valence-corrected chi connectivity index (χ2v) is 4.22. The molecule has 3 rings (SSSR count). The van der Waals surface area contributed by atoms with Crippen molar-refractivity contribution in [2.24, 2.45) is 0 Å². The first-order chi connectivity index (χ1) is 8.34. The summed E-state index contributed by atoms with van der Waals surface area (Å²) >= 11 is 0. The van der Waals surface area contributed by atoms with Crippen LogP contribution in [0.3, 0.4) is 0 Å². The van der Waals surface area contributed by atoms with Gasteiger partial charge < -0.3 is 10.6 Å². The van der Waals surface area contributed by atoms with Crippen LogP contribution < -0.4 is 10.6 Å². The van der Waals surface area contributed by atoms with Crippen molar-refractivity contribution in [3.63, 3.8) is 0 Å². The molecule has 17 heavy (non-hydrogen) atoms. The summed E-state index contributed by atoms with van der Waals surface area (Å²) in [4.78, 5) is 10.5. The van der Waals surface area contributed by atoms with Crippen LogP contribution in [0.4, 0.5) is 11.5 Å². The molecular formula is C13H14N4. The Hall–Kier alpha value is -2.10. The number of benzene rings is 1. The monoisotopic (exact) mass is 226 g/mol. The number of nitrogen functional groups attached to an aromatic ring is 1. The Kier molecular flexibility index (Phi) is 2.40. The van der Waals surface area contributed by atoms with Crippen LogP contribution >= 0.6 is 0 Å². The van der Waals surface area contributed by atoms with E-state index in [9.17, 15) is 0 Å². The average Bonchev–Trinajstić information content (AvgIpc) is 2.40. The molecule has 4 heteroatoms. The van der Waals surface area contributed by atoms with Crippen molar-refractivity contribution in [2.75, 3.05) is 17.2 Å². The maximum Gasteiger partial charge on any atom is 0.132 e. The van der Waals surface area contributed by atoms with E-state index in [-0.39, 0.29) is 0 Å². The molecule has 0 aliphatic carbocycles. The Balaban J connectivity index is 1.93. The third kappa shape index (κ3) is 1.82. The Morgan fingerprint density at radius 1 is 1.24 bits per heavy atom. The maximum atomic E-state index is 6.02. The minimum Gasteiger partial charge on any atom is -0.398 e. The fraction of sp³-hybridized carbons (Fsp3) is 0.231. The second-order valence-electron chi connectivity index (χ2n) is 4.22. The van der Waals surface area contributed by atoms with Gasteiger partial charge in [0.15, 0.2) is 0 Å². The SMILES string of the molecule is Nc1cccc2c1CN(c1ccncn1)CC2. The van der Waals surface area contributed by atoms with E-state index in [4.69, 9.17) is 5.73 Å². The standard InChI is InChI=1S/C13H14N4/c14-12-3-1-2-10-5-7-17(8-11(10)12)13-4-6-15-9-16-13/h1-4,6,9H,5,7-8,14H2. The molecule has 0 spiro atoms. The molecule has 1 aliphatic heterocycles. The first-order valence-electron chi connectivity index (χ1n) is 5.72. The highest BCUT2D eigenvalue weighted by atomic mass is 15.2. The van der Waals surface area contributed by atoms with E-state index in [1.165, 1.54) is 11.1 Å². The quantitative estimate of drug-likeness (QED) is 0.751. The third-order valence-electron chi connectivity index (χ3n) is 3.20. The number of nitrogens with two attached hydrogens (primary N) is 1. The van der Waals surface area contributed by atoms with Gasteiger partial charge in [0.1, 0.15) is 12.1 Å². The van der Waals surface area contributed by atoms with Gasteiger partial charge in [-0.3, -0.25) is 0 Å². The fourth-order valence-electron chi connectivity index (χ4n) is 2.27. The van der Waals surface area contributed by atoms with Gasteiger partial charge >= 0.3 is 0 Å². The van der Waals surface area contributed by atoms with E-state index in [1.807, 2.05) is 18.2 Å². The first-order valence-corrected chi connectivity index (χ1v) is 5.72. The third-order valence-corrected chi connectivity index (χ3v) is 3.20. The van der Waals surface area contributed by atoms with Crippen LogP contribution in [0.2, 0.25) is 0 Å². The highest BCUT2D eigenvalue weighted by Gasteiger charge is 2.18. The molecule has 0 bridgehead atoms. The lowest BCUT2D eigenvalue weighted by Crippen LogP contribution is -2.31. The Morgan fingerprint density at radius 2 is 2.18 bits per heavy atom. The highest BCUT2D eigenvalue weighted by Crippen LogP contribution is 2.26. The van der Waals surface area contributed by atoms with Gasteiger partial charge in [-0.25, -0.2) is 9.97 Å². The molecule has 1 aliphatic rings. The molecule has 0 saturated heterocycles. The van der Waals surface area contributed by atoms with Crippen LogP contribution in [0.25, 0.3) is 0 Å². The van der Waals surface area contributed by atoms with Gasteiger partial charge in [-0.05, 0) is 29.7 Å². The summed E-state index contributed by atoms with van der Waals surface area (Å²) in [6.07, 6.45) is 4.37. The Bertz CT molecular complexity index is 524. The predicted octanol–water partition coefficient (Wildman–Crippen LogP) is 1.62. The van der Waals surface area contributed by atoms with E-state index >= 15 is 0 Å². The molecule has 0 unspecified atom stereocenters. The molecular weight excluding hydrogens is 212 g/mol. The maximum absolute atomic E-state index is 6.02. The number of hydrogen-bond acceptors (Lipinski definition) is 4. The summed E-state index contributed by atoms with van der Waals surface area (Å²) < 4.78 is 0. The van der Waals surface area contributed by atoms with E-state index in [1.54, 1.807) is 12.5 Å². The number of anilines is 2. The molecule has 4 nitrogen and oxygen atoms in total. The minimum atomic E-state index is 0.832. The lowest BCUT2D eigenvalue weighted by Gasteiger charge is -2.30. The summed E-state index contributed by atoms with van der Waals surface area (Å²) in [5, 5.41) is 0. The zero-order valence-electron chi connectivity index (χ0n) is 9.50. The van der Waals surface area contributed by atoms with Crippen molar-refractivity contribution in [3.8, 4) is 0 Å². The first kappa shape index (κ1) is 10.1. The van der Waals surface area contributed by atoms with Crippen molar-refractivity contribution in [3.05, 3.63) is 47.9 Å². The molecule has 1 aromatic carbocycles. The van der Waals surface area contributed by atoms with Crippen molar-refractivity contribution in [1.82, 2.24) is 9.97 Å². The molecule has 2 aromatic rings. The van der Waals surface area contributed by atoms with Crippen molar-refractivity contribution in [1.29, 1.82) is 0 Å². The molecule has 2 heterocycles. The highest BCUT2D eigenvalue weighted by molar-refractivity contribution is 5.55. The lowest BCUT2D eigenvalue weighted by atomic mass is 9.98. The zero-order chi connectivity index (χ0) is 11.7. The van der Waals surface area contributed by atoms with Crippen molar-refractivity contribution < 1.29 is 0 Å². The molecule has 86 valence electrons. The molecule has 0 amide bonds. The topological polar surface area (TPSA) is 55.0 Å². The van der Waals surface area contributed by atoms with E-state index < -0.39 is 0 Å². The summed E-state index contributed by atoms with van der Waals surface area (Å²) in [6, 6.07) is 8.07. The molecule has 0 atom stereocenters. The molecule has 2 N–H and O–H groups in total. The minimum absolute atomic E-state index is 0.832. The summed E-state index contributed by atoms with van der Waals surface area (Å²) in [5.41, 5.74) is 9.49. The van der Waals surface area contributed by atoms with Gasteiger partial charge in [0, 0.05) is 25.0 Å². The van der Waals surface area contributed by atoms with Crippen molar-refractivity contribution >= 4 is 11.5 Å². The lowest BCUT2D eigenvalue weighted by molar-refractivity contribution is 0.721. The number of fused-ring (bicyclic) bond motifs is 1. The van der Waals surface area contributed by atoms with Crippen LogP contribution in [-0.4, -0.2) is 16.5 Å². The molecule has 0 saturated carbocycles. The zero-order valence-corrected chi connectivity index (χ0v) is 9.50. The normalized spacial score (nSPS) is 14.5. The molecule has 0 radical (unpaired) electrons. The number of nitrogens with zero attached hydrogens (tertiary/aromatic N) is 3. The molecule has 1 aromatic heterocycles. The van der Waals surface area contributed by atoms with E-state index in [2.05, 4.69) is 20.9 Å². The van der Waals surface area contributed by atoms with Gasteiger partial charge in [-0.1, -0.05) is 12.1 Å². The second kappa shape index (κ2) is 4.05. The largest absolute Gasteiger partial charge is 0.398 e. The van der Waals surface area contributed by atoms with Crippen LogP contribution in [-0.2, 0) is 13.0 Å². The van der Waals surface area contributed by atoms with Crippen LogP contribution in [0.1, 0.15) is 11.1 Å². The Labute approximate surface area is 100 Å². The molecule has 0 fully saturated rings. The van der Waals surface area contributed by atoms with Gasteiger partial charge in [0.05, 0.1) is 0 Å². The summed E-state index contributed by atoms with van der Waals surface area (Å²) in [7, 11) is 0. The van der Waals surface area contributed by atoms with Crippen LogP contribution in [0, 0.1) is 0 Å². The smallest absolute Gasteiger partial charge is 0.132 e. The van der Waals surface area contributed by atoms with Gasteiger partial charge in [-0.15, -0.1) is 0 Å². The van der Waals surface area contributed by atoms with E-state index in [0.717, 1.165) is 31.0 Å².